The van der Waals surface area contributed by atoms with Crippen molar-refractivity contribution in [3.05, 3.63) is 29.8 Å². The van der Waals surface area contributed by atoms with Gasteiger partial charge in [-0.25, -0.2) is 0 Å². The lowest BCUT2D eigenvalue weighted by Gasteiger charge is -2.36. The van der Waals surface area contributed by atoms with Gasteiger partial charge >= 0.3 is 5.97 Å². The second kappa shape index (κ2) is 6.31. The molecule has 1 amide bonds. The van der Waals surface area contributed by atoms with Crippen molar-refractivity contribution in [2.45, 2.75) is 30.7 Å². The zero-order chi connectivity index (χ0) is 14.7. The summed E-state index contributed by atoms with van der Waals surface area (Å²) < 4.78 is 0. The van der Waals surface area contributed by atoms with Crippen LogP contribution in [0.2, 0.25) is 0 Å². The summed E-state index contributed by atoms with van der Waals surface area (Å²) in [6.07, 6.45) is 3.06. The highest BCUT2D eigenvalue weighted by molar-refractivity contribution is 7.98. The molecule has 2 unspecified atom stereocenters. The number of carboxylic acids is 1. The largest absolute Gasteiger partial charge is 0.481 e. The first kappa shape index (κ1) is 14.9. The minimum absolute atomic E-state index is 0.00556. The molecule has 2 atom stereocenters. The number of carbonyl (C=O) groups excluding carboxylic acids is 1. The summed E-state index contributed by atoms with van der Waals surface area (Å²) in [6.45, 7) is 2.44. The zero-order valence-electron chi connectivity index (χ0n) is 11.7. The summed E-state index contributed by atoms with van der Waals surface area (Å²) >= 11 is 1.64. The second-order valence-corrected chi connectivity index (χ2v) is 6.02. The van der Waals surface area contributed by atoms with Crippen molar-refractivity contribution in [3.63, 3.8) is 0 Å². The molecule has 1 aliphatic rings. The van der Waals surface area contributed by atoms with Gasteiger partial charge in [0, 0.05) is 23.0 Å². The minimum atomic E-state index is -0.756. The molecule has 1 aliphatic heterocycles. The van der Waals surface area contributed by atoms with Crippen molar-refractivity contribution < 1.29 is 14.7 Å². The van der Waals surface area contributed by atoms with Crippen LogP contribution in [0.15, 0.2) is 29.2 Å². The fourth-order valence-electron chi connectivity index (χ4n) is 2.60. The molecule has 0 spiro atoms. The van der Waals surface area contributed by atoms with E-state index in [4.69, 9.17) is 5.11 Å². The normalized spacial score (nSPS) is 22.6. The van der Waals surface area contributed by atoms with E-state index in [0.717, 1.165) is 4.90 Å². The molecule has 1 aromatic rings. The number of benzene rings is 1. The number of nitrogens with zero attached hydrogens (tertiary/aromatic N) is 1. The molecule has 1 N–H and O–H groups in total. The summed E-state index contributed by atoms with van der Waals surface area (Å²) in [5.74, 6) is -1.09. The first-order chi connectivity index (χ1) is 9.52. The molecule has 1 aromatic carbocycles. The van der Waals surface area contributed by atoms with Gasteiger partial charge < -0.3 is 10.0 Å². The van der Waals surface area contributed by atoms with Gasteiger partial charge in [-0.3, -0.25) is 9.59 Å². The summed E-state index contributed by atoms with van der Waals surface area (Å²) in [5, 5.41) is 9.05. The first-order valence-electron chi connectivity index (χ1n) is 6.70. The molecule has 1 fully saturated rings. The quantitative estimate of drug-likeness (QED) is 0.871. The number of carbonyl (C=O) groups is 2. The molecule has 2 rings (SSSR count). The number of rotatable bonds is 3. The summed E-state index contributed by atoms with van der Waals surface area (Å²) in [5.41, 5.74) is 0.670. The minimum Gasteiger partial charge on any atom is -0.481 e. The number of aliphatic carboxylic acids is 1. The molecule has 108 valence electrons. The Morgan fingerprint density at radius 2 is 1.95 bits per heavy atom. The molecule has 0 radical (unpaired) electrons. The lowest BCUT2D eigenvalue weighted by molar-refractivity contribution is -0.143. The van der Waals surface area contributed by atoms with E-state index in [0.29, 0.717) is 24.9 Å². The maximum absolute atomic E-state index is 12.5. The highest BCUT2D eigenvalue weighted by atomic mass is 32.2. The van der Waals surface area contributed by atoms with Gasteiger partial charge in [0.2, 0.25) is 0 Å². The van der Waals surface area contributed by atoms with Gasteiger partial charge in [0.1, 0.15) is 0 Å². The smallest absolute Gasteiger partial charge is 0.306 e. The van der Waals surface area contributed by atoms with E-state index in [1.54, 1.807) is 16.7 Å². The summed E-state index contributed by atoms with van der Waals surface area (Å²) in [4.78, 5) is 26.4. The number of likely N-dealkylation sites (tertiary alicyclic amines) is 1. The number of thioether (sulfide) groups is 1. The van der Waals surface area contributed by atoms with Gasteiger partial charge in [-0.05, 0) is 50.3 Å². The van der Waals surface area contributed by atoms with Gasteiger partial charge in [0.15, 0.2) is 0 Å². The van der Waals surface area contributed by atoms with Crippen LogP contribution in [-0.2, 0) is 4.79 Å². The average Bonchev–Trinajstić information content (AvgIpc) is 2.46. The van der Waals surface area contributed by atoms with E-state index in [1.165, 1.54) is 0 Å². The van der Waals surface area contributed by atoms with Crippen LogP contribution in [-0.4, -0.2) is 40.7 Å². The number of hydrogen-bond donors (Lipinski definition) is 1. The highest BCUT2D eigenvalue weighted by Crippen LogP contribution is 2.25. The molecule has 5 heteroatoms. The van der Waals surface area contributed by atoms with E-state index in [1.807, 2.05) is 37.4 Å². The van der Waals surface area contributed by atoms with Crippen LogP contribution in [0.5, 0.6) is 0 Å². The molecular weight excluding hydrogens is 274 g/mol. The van der Waals surface area contributed by atoms with Crippen LogP contribution < -0.4 is 0 Å². The van der Waals surface area contributed by atoms with Crippen molar-refractivity contribution in [2.24, 2.45) is 5.92 Å². The Balaban J connectivity index is 2.07. The van der Waals surface area contributed by atoms with Crippen molar-refractivity contribution >= 4 is 23.6 Å². The standard InChI is InChI=1S/C15H19NO3S/c1-10-9-12(15(18)19)7-8-16(10)14(17)11-3-5-13(20-2)6-4-11/h3-6,10,12H,7-9H2,1-2H3,(H,18,19). The third-order valence-electron chi connectivity index (χ3n) is 3.82. The molecule has 0 bridgehead atoms. The zero-order valence-corrected chi connectivity index (χ0v) is 12.5. The van der Waals surface area contributed by atoms with E-state index >= 15 is 0 Å². The van der Waals surface area contributed by atoms with E-state index < -0.39 is 5.97 Å². The number of hydrogen-bond acceptors (Lipinski definition) is 3. The maximum atomic E-state index is 12.5. The Morgan fingerprint density at radius 1 is 1.30 bits per heavy atom. The van der Waals surface area contributed by atoms with Gasteiger partial charge in [-0.1, -0.05) is 0 Å². The summed E-state index contributed by atoms with van der Waals surface area (Å²) in [6, 6.07) is 7.52. The Labute approximate surface area is 123 Å². The van der Waals surface area contributed by atoms with E-state index in [2.05, 4.69) is 0 Å². The van der Waals surface area contributed by atoms with Crippen LogP contribution in [0.3, 0.4) is 0 Å². The molecular formula is C15H19NO3S. The average molecular weight is 293 g/mol. The maximum Gasteiger partial charge on any atom is 0.306 e. The van der Waals surface area contributed by atoms with Gasteiger partial charge in [0.25, 0.3) is 5.91 Å². The number of piperidine rings is 1. The van der Waals surface area contributed by atoms with Gasteiger partial charge in [-0.15, -0.1) is 11.8 Å². The van der Waals surface area contributed by atoms with Crippen LogP contribution >= 0.6 is 11.8 Å². The van der Waals surface area contributed by atoms with Crippen molar-refractivity contribution in [1.29, 1.82) is 0 Å². The predicted octanol–water partition coefficient (Wildman–Crippen LogP) is 2.73. The van der Waals surface area contributed by atoms with Crippen LogP contribution in [0.4, 0.5) is 0 Å². The van der Waals surface area contributed by atoms with E-state index in [9.17, 15) is 9.59 Å². The Hall–Kier alpha value is -1.49. The van der Waals surface area contributed by atoms with Gasteiger partial charge in [0.05, 0.1) is 5.92 Å². The van der Waals surface area contributed by atoms with E-state index in [-0.39, 0.29) is 17.9 Å². The van der Waals surface area contributed by atoms with Crippen LogP contribution in [0.25, 0.3) is 0 Å². The Bertz CT molecular complexity index is 500. The predicted molar refractivity (Wildman–Crippen MR) is 79.1 cm³/mol. The third-order valence-corrected chi connectivity index (χ3v) is 4.57. The van der Waals surface area contributed by atoms with Crippen LogP contribution in [0.1, 0.15) is 30.1 Å². The molecule has 0 aliphatic carbocycles. The molecule has 0 saturated carbocycles. The van der Waals surface area contributed by atoms with Crippen molar-refractivity contribution in [2.75, 3.05) is 12.8 Å². The topological polar surface area (TPSA) is 57.6 Å². The monoisotopic (exact) mass is 293 g/mol. The SMILES string of the molecule is CSc1ccc(C(=O)N2CCC(C(=O)O)CC2C)cc1. The highest BCUT2D eigenvalue weighted by Gasteiger charge is 2.32. The summed E-state index contributed by atoms with van der Waals surface area (Å²) in [7, 11) is 0. The lowest BCUT2D eigenvalue weighted by atomic mass is 9.91. The molecule has 4 nitrogen and oxygen atoms in total. The Kier molecular flexibility index (Phi) is 4.70. The van der Waals surface area contributed by atoms with Gasteiger partial charge in [-0.2, -0.15) is 0 Å². The Morgan fingerprint density at radius 3 is 2.45 bits per heavy atom. The van der Waals surface area contributed by atoms with Crippen molar-refractivity contribution in [3.8, 4) is 0 Å². The molecule has 20 heavy (non-hydrogen) atoms. The third kappa shape index (κ3) is 3.15. The number of amides is 1. The fourth-order valence-corrected chi connectivity index (χ4v) is 3.01. The number of carboxylic acid groups (broad SMARTS) is 1. The second-order valence-electron chi connectivity index (χ2n) is 5.14. The lowest BCUT2D eigenvalue weighted by Crippen LogP contribution is -2.46. The molecule has 1 heterocycles. The fraction of sp³-hybridized carbons (Fsp3) is 0.467. The van der Waals surface area contributed by atoms with Crippen LogP contribution in [0, 0.1) is 5.92 Å². The van der Waals surface area contributed by atoms with Crippen molar-refractivity contribution in [1.82, 2.24) is 4.90 Å². The first-order valence-corrected chi connectivity index (χ1v) is 7.93. The molecule has 0 aromatic heterocycles. The molecule has 1 saturated heterocycles.